The van der Waals surface area contributed by atoms with E-state index in [2.05, 4.69) is 10.0 Å². The van der Waals surface area contributed by atoms with Crippen LogP contribution in [0.5, 0.6) is 0 Å². The van der Waals surface area contributed by atoms with E-state index in [0.29, 0.717) is 11.3 Å². The Hall–Kier alpha value is -2.16. The van der Waals surface area contributed by atoms with Gasteiger partial charge in [-0.15, -0.1) is 12.4 Å². The number of nitrogens with one attached hydrogen (secondary N) is 2. The molecule has 152 valence electrons. The van der Waals surface area contributed by atoms with E-state index in [0.717, 1.165) is 37.8 Å². The molecule has 3 rings (SSSR count). The van der Waals surface area contributed by atoms with Crippen LogP contribution in [0.2, 0.25) is 0 Å². The first-order valence-electron chi connectivity index (χ1n) is 8.78. The van der Waals surface area contributed by atoms with E-state index in [1.165, 1.54) is 24.3 Å². The Morgan fingerprint density at radius 3 is 2.11 bits per heavy atom. The van der Waals surface area contributed by atoms with Crippen LogP contribution in [0.15, 0.2) is 53.4 Å². The predicted octanol–water partition coefficient (Wildman–Crippen LogP) is 3.05. The topological polar surface area (TPSA) is 101 Å². The molecular weight excluding hydrogens is 405 g/mol. The largest absolute Gasteiger partial charge is 0.349 e. The average Bonchev–Trinajstić information content (AvgIpc) is 2.64. The molecule has 0 atom stereocenters. The molecule has 6 nitrogen and oxygen atoms in total. The Bertz CT molecular complexity index is 897. The first-order chi connectivity index (χ1) is 12.8. The lowest BCUT2D eigenvalue weighted by Gasteiger charge is -2.26. The van der Waals surface area contributed by atoms with Crippen LogP contribution in [-0.4, -0.2) is 26.4 Å². The molecule has 1 amide bonds. The minimum absolute atomic E-state index is 0. The predicted molar refractivity (Wildman–Crippen MR) is 109 cm³/mol. The lowest BCUT2D eigenvalue weighted by Crippen LogP contribution is -2.40. The van der Waals surface area contributed by atoms with Crippen molar-refractivity contribution in [2.45, 2.75) is 42.7 Å². The van der Waals surface area contributed by atoms with E-state index < -0.39 is 15.8 Å². The van der Waals surface area contributed by atoms with Crippen molar-refractivity contribution in [2.24, 2.45) is 5.73 Å². The number of anilines is 1. The molecule has 1 saturated carbocycles. The zero-order valence-corrected chi connectivity index (χ0v) is 16.7. The minimum atomic E-state index is -3.82. The molecule has 2 aromatic carbocycles. The van der Waals surface area contributed by atoms with Crippen molar-refractivity contribution >= 4 is 34.0 Å². The minimum Gasteiger partial charge on any atom is -0.349 e. The van der Waals surface area contributed by atoms with Gasteiger partial charge in [0.15, 0.2) is 0 Å². The van der Waals surface area contributed by atoms with Crippen LogP contribution in [0.25, 0.3) is 0 Å². The van der Waals surface area contributed by atoms with Gasteiger partial charge >= 0.3 is 0 Å². The van der Waals surface area contributed by atoms with Gasteiger partial charge in [-0.2, -0.15) is 0 Å². The number of hydrogen-bond donors (Lipinski definition) is 3. The van der Waals surface area contributed by atoms with Crippen LogP contribution in [0, 0.1) is 5.82 Å². The lowest BCUT2D eigenvalue weighted by atomic mass is 9.91. The second-order valence-corrected chi connectivity index (χ2v) is 8.40. The van der Waals surface area contributed by atoms with Gasteiger partial charge in [-0.25, -0.2) is 12.8 Å². The molecule has 2 aromatic rings. The van der Waals surface area contributed by atoms with Crippen molar-refractivity contribution in [3.05, 3.63) is 59.9 Å². The van der Waals surface area contributed by atoms with Crippen molar-refractivity contribution in [1.82, 2.24) is 5.32 Å². The molecule has 1 fully saturated rings. The summed E-state index contributed by atoms with van der Waals surface area (Å²) in [6.07, 6.45) is 3.52. The summed E-state index contributed by atoms with van der Waals surface area (Å²) in [4.78, 5) is 12.3. The monoisotopic (exact) mass is 427 g/mol. The summed E-state index contributed by atoms with van der Waals surface area (Å²) in [5, 5.41) is 2.99. The molecule has 0 aromatic heterocycles. The highest BCUT2D eigenvalue weighted by atomic mass is 35.5. The van der Waals surface area contributed by atoms with Gasteiger partial charge in [-0.05, 0) is 74.2 Å². The molecule has 28 heavy (non-hydrogen) atoms. The molecule has 1 aliphatic carbocycles. The highest BCUT2D eigenvalue weighted by molar-refractivity contribution is 7.92. The van der Waals surface area contributed by atoms with Crippen LogP contribution in [0.4, 0.5) is 10.1 Å². The second-order valence-electron chi connectivity index (χ2n) is 6.72. The Kier molecular flexibility index (Phi) is 7.40. The van der Waals surface area contributed by atoms with Crippen molar-refractivity contribution in [3.63, 3.8) is 0 Å². The van der Waals surface area contributed by atoms with Crippen molar-refractivity contribution in [2.75, 3.05) is 4.72 Å². The summed E-state index contributed by atoms with van der Waals surface area (Å²) in [6, 6.07) is 11.0. The third-order valence-corrected chi connectivity index (χ3v) is 6.03. The smallest absolute Gasteiger partial charge is 0.261 e. The number of nitrogens with two attached hydrogens (primary N) is 1. The third-order valence-electron chi connectivity index (χ3n) is 4.63. The van der Waals surface area contributed by atoms with Crippen LogP contribution >= 0.6 is 12.4 Å². The van der Waals surface area contributed by atoms with Gasteiger partial charge in [0.05, 0.1) is 4.90 Å². The number of amides is 1. The van der Waals surface area contributed by atoms with Crippen molar-refractivity contribution in [3.8, 4) is 0 Å². The lowest BCUT2D eigenvalue weighted by molar-refractivity contribution is 0.0926. The normalized spacial score (nSPS) is 19.4. The molecule has 0 bridgehead atoms. The number of hydrogen-bond acceptors (Lipinski definition) is 4. The van der Waals surface area contributed by atoms with E-state index >= 15 is 0 Å². The number of benzene rings is 2. The van der Waals surface area contributed by atoms with E-state index in [1.54, 1.807) is 12.1 Å². The molecule has 0 radical (unpaired) electrons. The van der Waals surface area contributed by atoms with Gasteiger partial charge < -0.3 is 11.1 Å². The number of rotatable bonds is 5. The van der Waals surface area contributed by atoms with Crippen LogP contribution in [0.3, 0.4) is 0 Å². The fraction of sp³-hybridized carbons (Fsp3) is 0.316. The average molecular weight is 428 g/mol. The number of sulfonamides is 1. The maximum Gasteiger partial charge on any atom is 0.261 e. The van der Waals surface area contributed by atoms with Gasteiger partial charge in [-0.1, -0.05) is 0 Å². The molecule has 0 spiro atoms. The Balaban J connectivity index is 0.00000280. The molecule has 1 aliphatic rings. The van der Waals surface area contributed by atoms with E-state index in [9.17, 15) is 17.6 Å². The summed E-state index contributed by atoms with van der Waals surface area (Å²) in [5.74, 6) is -0.701. The summed E-state index contributed by atoms with van der Waals surface area (Å²) in [7, 11) is -3.82. The highest BCUT2D eigenvalue weighted by Gasteiger charge is 2.20. The van der Waals surface area contributed by atoms with Gasteiger partial charge in [0.25, 0.3) is 15.9 Å². The zero-order chi connectivity index (χ0) is 19.4. The quantitative estimate of drug-likeness (QED) is 0.682. The SMILES string of the molecule is Cl.NC1CCC(NC(=O)c2ccc(NS(=O)(=O)c3ccc(F)cc3)cc2)CC1. The first kappa shape index (κ1) is 22.1. The second kappa shape index (κ2) is 9.36. The Labute approximate surface area is 170 Å². The maximum atomic E-state index is 12.9. The molecule has 0 heterocycles. The van der Waals surface area contributed by atoms with E-state index in [4.69, 9.17) is 5.73 Å². The number of carbonyl (C=O) groups excluding carboxylic acids is 1. The standard InChI is InChI=1S/C19H22FN3O3S.ClH/c20-14-3-11-18(12-4-14)27(25,26)23-17-7-1-13(2-8-17)19(24)22-16-9-5-15(21)6-10-16;/h1-4,7-8,11-12,15-16,23H,5-6,9-10,21H2,(H,22,24);1H. The maximum absolute atomic E-state index is 12.9. The molecule has 4 N–H and O–H groups in total. The number of carbonyl (C=O) groups is 1. The summed E-state index contributed by atoms with van der Waals surface area (Å²) in [5.41, 5.74) is 6.64. The first-order valence-corrected chi connectivity index (χ1v) is 10.3. The zero-order valence-electron chi connectivity index (χ0n) is 15.1. The molecule has 0 unspecified atom stereocenters. The summed E-state index contributed by atoms with van der Waals surface area (Å²) in [6.45, 7) is 0. The van der Waals surface area contributed by atoms with Crippen molar-refractivity contribution in [1.29, 1.82) is 0 Å². The highest BCUT2D eigenvalue weighted by Crippen LogP contribution is 2.19. The molecular formula is C19H23ClFN3O3S. The fourth-order valence-electron chi connectivity index (χ4n) is 3.05. The fourth-order valence-corrected chi connectivity index (χ4v) is 4.11. The van der Waals surface area contributed by atoms with Gasteiger partial charge in [0, 0.05) is 23.3 Å². The van der Waals surface area contributed by atoms with Crippen LogP contribution < -0.4 is 15.8 Å². The van der Waals surface area contributed by atoms with Gasteiger partial charge in [-0.3, -0.25) is 9.52 Å². The number of halogens is 2. The Morgan fingerprint density at radius 1 is 0.964 bits per heavy atom. The molecule has 0 saturated heterocycles. The summed E-state index contributed by atoms with van der Waals surface area (Å²) < 4.78 is 40.0. The molecule has 9 heteroatoms. The summed E-state index contributed by atoms with van der Waals surface area (Å²) >= 11 is 0. The van der Waals surface area contributed by atoms with Gasteiger partial charge in [0.2, 0.25) is 0 Å². The van der Waals surface area contributed by atoms with Crippen molar-refractivity contribution < 1.29 is 17.6 Å². The van der Waals surface area contributed by atoms with Crippen LogP contribution in [-0.2, 0) is 10.0 Å². The van der Waals surface area contributed by atoms with E-state index in [-0.39, 0.29) is 35.3 Å². The van der Waals surface area contributed by atoms with Gasteiger partial charge in [0.1, 0.15) is 5.82 Å². The third kappa shape index (κ3) is 5.67. The Morgan fingerprint density at radius 2 is 1.54 bits per heavy atom. The van der Waals surface area contributed by atoms with E-state index in [1.807, 2.05) is 0 Å². The molecule has 0 aliphatic heterocycles. The van der Waals surface area contributed by atoms with Crippen LogP contribution in [0.1, 0.15) is 36.0 Å².